The normalized spacial score (nSPS) is 21.8. The Morgan fingerprint density at radius 3 is 2.75 bits per heavy atom. The van der Waals surface area contributed by atoms with E-state index in [1.54, 1.807) is 11.8 Å². The van der Waals surface area contributed by atoms with E-state index in [1.807, 2.05) is 20.8 Å². The second kappa shape index (κ2) is 6.47. The Hall–Kier alpha value is -0.260. The number of hydrogen-bond acceptors (Lipinski definition) is 5. The second-order valence-corrected chi connectivity index (χ2v) is 5.86. The predicted molar refractivity (Wildman–Crippen MR) is 65.8 cm³/mol. The Morgan fingerprint density at radius 2 is 2.19 bits per heavy atom. The first-order valence-corrected chi connectivity index (χ1v) is 6.76. The van der Waals surface area contributed by atoms with Gasteiger partial charge in [-0.05, 0) is 20.8 Å². The van der Waals surface area contributed by atoms with Gasteiger partial charge in [0.25, 0.3) is 0 Å². The lowest BCUT2D eigenvalue weighted by atomic mass is 10.2. The molecule has 1 atom stereocenters. The molecule has 1 rings (SSSR count). The van der Waals surface area contributed by atoms with Gasteiger partial charge in [-0.2, -0.15) is 11.8 Å². The molecule has 1 saturated heterocycles. The molecular weight excluding hydrogens is 226 g/mol. The monoisotopic (exact) mass is 247 g/mol. The fraction of sp³-hybridized carbons (Fsp3) is 0.909. The molecule has 4 nitrogen and oxygen atoms in total. The van der Waals surface area contributed by atoms with Crippen molar-refractivity contribution in [3.63, 3.8) is 0 Å². The van der Waals surface area contributed by atoms with Crippen LogP contribution in [-0.4, -0.2) is 48.9 Å². The van der Waals surface area contributed by atoms with Crippen molar-refractivity contribution in [2.45, 2.75) is 32.4 Å². The van der Waals surface area contributed by atoms with Gasteiger partial charge < -0.3 is 14.8 Å². The van der Waals surface area contributed by atoms with Crippen LogP contribution in [0.5, 0.6) is 0 Å². The summed E-state index contributed by atoms with van der Waals surface area (Å²) in [5, 5.41) is 3.14. The van der Waals surface area contributed by atoms with Crippen LogP contribution in [-0.2, 0) is 14.3 Å². The highest BCUT2D eigenvalue weighted by atomic mass is 32.2. The standard InChI is InChI=1S/C11H21NO3S/c1-11(2,3)15-6-5-14-10(13)9-8-16-7-4-12-9/h9,12H,4-8H2,1-3H3. The summed E-state index contributed by atoms with van der Waals surface area (Å²) in [5.74, 6) is 1.71. The molecule has 5 heteroatoms. The summed E-state index contributed by atoms with van der Waals surface area (Å²) < 4.78 is 10.6. The minimum absolute atomic E-state index is 0.145. The molecule has 1 aliphatic heterocycles. The van der Waals surface area contributed by atoms with Gasteiger partial charge in [0, 0.05) is 18.1 Å². The molecule has 0 aromatic rings. The zero-order valence-electron chi connectivity index (χ0n) is 10.2. The van der Waals surface area contributed by atoms with E-state index in [1.165, 1.54) is 0 Å². The van der Waals surface area contributed by atoms with Crippen LogP contribution in [0.1, 0.15) is 20.8 Å². The number of carbonyl (C=O) groups is 1. The van der Waals surface area contributed by atoms with Gasteiger partial charge >= 0.3 is 5.97 Å². The predicted octanol–water partition coefficient (Wildman–Crippen LogP) is 1.05. The average molecular weight is 247 g/mol. The quantitative estimate of drug-likeness (QED) is 0.594. The van der Waals surface area contributed by atoms with E-state index in [0.717, 1.165) is 18.1 Å². The number of thioether (sulfide) groups is 1. The van der Waals surface area contributed by atoms with Crippen LogP contribution < -0.4 is 5.32 Å². The zero-order chi connectivity index (χ0) is 12.0. The van der Waals surface area contributed by atoms with Crippen LogP contribution >= 0.6 is 11.8 Å². The van der Waals surface area contributed by atoms with E-state index in [0.29, 0.717) is 13.2 Å². The molecule has 0 aromatic carbocycles. The van der Waals surface area contributed by atoms with Crippen molar-refractivity contribution >= 4 is 17.7 Å². The van der Waals surface area contributed by atoms with Gasteiger partial charge in [0.2, 0.25) is 0 Å². The molecule has 0 aliphatic carbocycles. The van der Waals surface area contributed by atoms with Crippen LogP contribution in [0.15, 0.2) is 0 Å². The molecular formula is C11H21NO3S. The Labute approximate surface area is 101 Å². The maximum absolute atomic E-state index is 11.6. The fourth-order valence-electron chi connectivity index (χ4n) is 1.31. The van der Waals surface area contributed by atoms with Crippen molar-refractivity contribution in [3.05, 3.63) is 0 Å². The molecule has 1 aliphatic rings. The van der Waals surface area contributed by atoms with Crippen LogP contribution in [0.4, 0.5) is 0 Å². The molecule has 16 heavy (non-hydrogen) atoms. The maximum atomic E-state index is 11.6. The lowest BCUT2D eigenvalue weighted by molar-refractivity contribution is -0.148. The van der Waals surface area contributed by atoms with Gasteiger partial charge in [-0.1, -0.05) is 0 Å². The maximum Gasteiger partial charge on any atom is 0.324 e. The molecule has 0 amide bonds. The third kappa shape index (κ3) is 5.72. The molecule has 0 bridgehead atoms. The topological polar surface area (TPSA) is 47.6 Å². The average Bonchev–Trinajstić information content (AvgIpc) is 2.24. The molecule has 0 radical (unpaired) electrons. The number of hydrogen-bond donors (Lipinski definition) is 1. The number of nitrogens with one attached hydrogen (secondary N) is 1. The lowest BCUT2D eigenvalue weighted by Crippen LogP contribution is -2.44. The molecule has 94 valence electrons. The highest BCUT2D eigenvalue weighted by molar-refractivity contribution is 7.99. The largest absolute Gasteiger partial charge is 0.462 e. The van der Waals surface area contributed by atoms with Gasteiger partial charge in [0.1, 0.15) is 12.6 Å². The minimum atomic E-state index is -0.175. The third-order valence-electron chi connectivity index (χ3n) is 2.07. The number of esters is 1. The molecule has 0 aromatic heterocycles. The lowest BCUT2D eigenvalue weighted by Gasteiger charge is -2.22. The second-order valence-electron chi connectivity index (χ2n) is 4.71. The van der Waals surface area contributed by atoms with Gasteiger partial charge in [-0.3, -0.25) is 4.79 Å². The van der Waals surface area contributed by atoms with Crippen molar-refractivity contribution < 1.29 is 14.3 Å². The van der Waals surface area contributed by atoms with Crippen LogP contribution in [0.3, 0.4) is 0 Å². The first kappa shape index (κ1) is 13.8. The van der Waals surface area contributed by atoms with Crippen molar-refractivity contribution in [1.82, 2.24) is 5.32 Å². The molecule has 1 N–H and O–H groups in total. The van der Waals surface area contributed by atoms with Gasteiger partial charge in [0.15, 0.2) is 0 Å². The summed E-state index contributed by atoms with van der Waals surface area (Å²) in [7, 11) is 0. The summed E-state index contributed by atoms with van der Waals surface area (Å²) >= 11 is 1.78. The first-order chi connectivity index (χ1) is 7.49. The van der Waals surface area contributed by atoms with Gasteiger partial charge in [0.05, 0.1) is 12.2 Å². The van der Waals surface area contributed by atoms with Crippen molar-refractivity contribution in [2.75, 3.05) is 31.3 Å². The summed E-state index contributed by atoms with van der Waals surface area (Å²) in [5.41, 5.74) is -0.175. The van der Waals surface area contributed by atoms with Crippen LogP contribution in [0, 0.1) is 0 Å². The van der Waals surface area contributed by atoms with Crippen molar-refractivity contribution in [3.8, 4) is 0 Å². The van der Waals surface area contributed by atoms with Crippen LogP contribution in [0.25, 0.3) is 0 Å². The summed E-state index contributed by atoms with van der Waals surface area (Å²) in [6, 6.07) is -0.145. The number of rotatable bonds is 4. The van der Waals surface area contributed by atoms with E-state index in [-0.39, 0.29) is 17.6 Å². The first-order valence-electron chi connectivity index (χ1n) is 5.61. The Balaban J connectivity index is 2.10. The smallest absolute Gasteiger partial charge is 0.324 e. The van der Waals surface area contributed by atoms with Crippen molar-refractivity contribution in [2.24, 2.45) is 0 Å². The van der Waals surface area contributed by atoms with E-state index >= 15 is 0 Å². The summed E-state index contributed by atoms with van der Waals surface area (Å²) in [4.78, 5) is 11.6. The third-order valence-corrected chi connectivity index (χ3v) is 3.13. The zero-order valence-corrected chi connectivity index (χ0v) is 11.1. The molecule has 0 spiro atoms. The van der Waals surface area contributed by atoms with E-state index in [9.17, 15) is 4.79 Å². The molecule has 1 heterocycles. The highest BCUT2D eigenvalue weighted by Gasteiger charge is 2.22. The highest BCUT2D eigenvalue weighted by Crippen LogP contribution is 2.09. The van der Waals surface area contributed by atoms with E-state index in [4.69, 9.17) is 9.47 Å². The Bertz CT molecular complexity index is 222. The van der Waals surface area contributed by atoms with E-state index in [2.05, 4.69) is 5.32 Å². The summed E-state index contributed by atoms with van der Waals surface area (Å²) in [6.45, 7) is 7.60. The molecule has 1 unspecified atom stereocenters. The SMILES string of the molecule is CC(C)(C)OCCOC(=O)C1CSCCN1. The molecule has 0 saturated carbocycles. The summed E-state index contributed by atoms with van der Waals surface area (Å²) in [6.07, 6.45) is 0. The van der Waals surface area contributed by atoms with Crippen LogP contribution in [0.2, 0.25) is 0 Å². The van der Waals surface area contributed by atoms with Gasteiger partial charge in [-0.15, -0.1) is 0 Å². The minimum Gasteiger partial charge on any atom is -0.462 e. The van der Waals surface area contributed by atoms with Crippen molar-refractivity contribution in [1.29, 1.82) is 0 Å². The van der Waals surface area contributed by atoms with E-state index < -0.39 is 0 Å². The Morgan fingerprint density at radius 1 is 1.44 bits per heavy atom. The Kier molecular flexibility index (Phi) is 5.58. The molecule has 1 fully saturated rings. The number of carbonyl (C=O) groups excluding carboxylic acids is 1. The van der Waals surface area contributed by atoms with Gasteiger partial charge in [-0.25, -0.2) is 0 Å². The fourth-order valence-corrected chi connectivity index (χ4v) is 2.23. The number of ether oxygens (including phenoxy) is 2.